The highest BCUT2D eigenvalue weighted by atomic mass is 16.2. The minimum atomic E-state index is -0.0872. The van der Waals surface area contributed by atoms with Crippen LogP contribution >= 0.6 is 0 Å². The molecule has 0 atom stereocenters. The number of carbonyl (C=O) groups is 2. The molecule has 2 amide bonds. The molecule has 0 spiro atoms. The Hall–Kier alpha value is -2.66. The molecule has 1 fully saturated rings. The lowest BCUT2D eigenvalue weighted by Gasteiger charge is -2.34. The van der Waals surface area contributed by atoms with Crippen LogP contribution in [0.1, 0.15) is 28.4 Å². The maximum Gasteiger partial charge on any atom is 0.321 e. The number of nitrogens with one attached hydrogen (secondary N) is 1. The van der Waals surface area contributed by atoms with Crippen molar-refractivity contribution in [2.75, 3.05) is 31.5 Å². The third kappa shape index (κ3) is 4.70. The van der Waals surface area contributed by atoms with Gasteiger partial charge in [-0.15, -0.1) is 0 Å². The van der Waals surface area contributed by atoms with Gasteiger partial charge in [0.25, 0.3) is 0 Å². The minimum absolute atomic E-state index is 0.0209. The molecule has 5 heteroatoms. The Balaban J connectivity index is 1.49. The third-order valence-corrected chi connectivity index (χ3v) is 4.69. The van der Waals surface area contributed by atoms with Crippen LogP contribution in [0.2, 0.25) is 0 Å². The van der Waals surface area contributed by atoms with E-state index in [4.69, 9.17) is 0 Å². The van der Waals surface area contributed by atoms with Crippen molar-refractivity contribution in [2.45, 2.75) is 20.4 Å². The van der Waals surface area contributed by atoms with Crippen LogP contribution in [-0.4, -0.2) is 47.8 Å². The molecule has 26 heavy (non-hydrogen) atoms. The maximum absolute atomic E-state index is 12.4. The van der Waals surface area contributed by atoms with Gasteiger partial charge in [-0.05, 0) is 43.7 Å². The number of anilines is 1. The summed E-state index contributed by atoms with van der Waals surface area (Å²) in [6.07, 6.45) is 0. The Kier molecular flexibility index (Phi) is 5.68. The lowest BCUT2D eigenvalue weighted by atomic mass is 10.1. The molecule has 1 N–H and O–H groups in total. The number of amides is 2. The summed E-state index contributed by atoms with van der Waals surface area (Å²) in [6, 6.07) is 15.5. The first kappa shape index (κ1) is 18.1. The Labute approximate surface area is 154 Å². The molecule has 2 aromatic rings. The van der Waals surface area contributed by atoms with Crippen LogP contribution in [0.3, 0.4) is 0 Å². The number of nitrogens with zero attached hydrogens (tertiary/aromatic N) is 2. The van der Waals surface area contributed by atoms with E-state index in [0.29, 0.717) is 24.3 Å². The second-order valence-electron chi connectivity index (χ2n) is 6.82. The van der Waals surface area contributed by atoms with Crippen molar-refractivity contribution in [1.29, 1.82) is 0 Å². The molecule has 1 saturated heterocycles. The van der Waals surface area contributed by atoms with E-state index >= 15 is 0 Å². The summed E-state index contributed by atoms with van der Waals surface area (Å²) in [5, 5.41) is 2.91. The molecule has 2 aromatic carbocycles. The summed E-state index contributed by atoms with van der Waals surface area (Å²) in [5.74, 6) is 0.0209. The minimum Gasteiger partial charge on any atom is -0.322 e. The van der Waals surface area contributed by atoms with Gasteiger partial charge in [0.05, 0.1) is 0 Å². The van der Waals surface area contributed by atoms with Crippen molar-refractivity contribution in [2.24, 2.45) is 0 Å². The molecule has 0 radical (unpaired) electrons. The number of urea groups is 1. The van der Waals surface area contributed by atoms with Gasteiger partial charge in [-0.3, -0.25) is 9.69 Å². The second kappa shape index (κ2) is 8.15. The second-order valence-corrected chi connectivity index (χ2v) is 6.82. The zero-order chi connectivity index (χ0) is 18.5. The average molecular weight is 351 g/mol. The first-order valence-electron chi connectivity index (χ1n) is 8.96. The molecule has 0 aromatic heterocycles. The van der Waals surface area contributed by atoms with E-state index in [1.165, 1.54) is 18.1 Å². The summed E-state index contributed by atoms with van der Waals surface area (Å²) in [6.45, 7) is 7.71. The zero-order valence-electron chi connectivity index (χ0n) is 15.4. The lowest BCUT2D eigenvalue weighted by Crippen LogP contribution is -2.49. The number of Topliss-reactive ketones (excluding diaryl/α,β-unsaturated/α-hetero) is 1. The molecule has 0 bridgehead atoms. The molecule has 0 aliphatic carbocycles. The molecule has 1 heterocycles. The molecule has 1 aliphatic rings. The van der Waals surface area contributed by atoms with Crippen LogP contribution in [0.4, 0.5) is 10.5 Å². The molecular formula is C21H25N3O2. The van der Waals surface area contributed by atoms with Gasteiger partial charge >= 0.3 is 6.03 Å². The van der Waals surface area contributed by atoms with Crippen LogP contribution < -0.4 is 5.32 Å². The fraction of sp³-hybridized carbons (Fsp3) is 0.333. The van der Waals surface area contributed by atoms with Crippen LogP contribution in [0.5, 0.6) is 0 Å². The number of ketones is 1. The number of carbonyl (C=O) groups excluding carboxylic acids is 2. The van der Waals surface area contributed by atoms with Gasteiger partial charge < -0.3 is 10.2 Å². The molecule has 5 nitrogen and oxygen atoms in total. The number of rotatable bonds is 4. The van der Waals surface area contributed by atoms with Crippen LogP contribution in [0.15, 0.2) is 48.5 Å². The smallest absolute Gasteiger partial charge is 0.321 e. The first-order valence-corrected chi connectivity index (χ1v) is 8.96. The van der Waals surface area contributed by atoms with Crippen LogP contribution in [0.25, 0.3) is 0 Å². The average Bonchev–Trinajstić information content (AvgIpc) is 2.63. The summed E-state index contributed by atoms with van der Waals surface area (Å²) in [7, 11) is 0. The fourth-order valence-electron chi connectivity index (χ4n) is 3.17. The normalized spacial score (nSPS) is 14.9. The summed E-state index contributed by atoms with van der Waals surface area (Å²) >= 11 is 0. The van der Waals surface area contributed by atoms with Crippen LogP contribution in [0, 0.1) is 6.92 Å². The Bertz CT molecular complexity index is 778. The third-order valence-electron chi connectivity index (χ3n) is 4.69. The highest BCUT2D eigenvalue weighted by Gasteiger charge is 2.21. The SMILES string of the molecule is CC(=O)c1ccc(NC(=O)N2CCN(Cc3cccc(C)c3)CC2)cc1. The molecule has 3 rings (SSSR count). The van der Waals surface area contributed by atoms with Crippen molar-refractivity contribution < 1.29 is 9.59 Å². The van der Waals surface area contributed by atoms with Crippen molar-refractivity contribution in [3.63, 3.8) is 0 Å². The summed E-state index contributed by atoms with van der Waals surface area (Å²) < 4.78 is 0. The Morgan fingerprint density at radius 2 is 1.69 bits per heavy atom. The predicted molar refractivity (Wildman–Crippen MR) is 103 cm³/mol. The van der Waals surface area contributed by atoms with E-state index in [-0.39, 0.29) is 11.8 Å². The lowest BCUT2D eigenvalue weighted by molar-refractivity contribution is 0.101. The highest BCUT2D eigenvalue weighted by molar-refractivity contribution is 5.95. The van der Waals surface area contributed by atoms with Crippen molar-refractivity contribution in [3.05, 3.63) is 65.2 Å². The van der Waals surface area contributed by atoms with E-state index in [1.54, 1.807) is 24.3 Å². The van der Waals surface area contributed by atoms with Gasteiger partial charge in [0.15, 0.2) is 5.78 Å². The molecule has 136 valence electrons. The number of hydrogen-bond donors (Lipinski definition) is 1. The quantitative estimate of drug-likeness (QED) is 0.857. The maximum atomic E-state index is 12.4. The van der Waals surface area contributed by atoms with E-state index in [2.05, 4.69) is 41.4 Å². The Morgan fingerprint density at radius 3 is 2.31 bits per heavy atom. The number of piperazine rings is 1. The zero-order valence-corrected chi connectivity index (χ0v) is 15.4. The van der Waals surface area contributed by atoms with E-state index in [9.17, 15) is 9.59 Å². The fourth-order valence-corrected chi connectivity index (χ4v) is 3.17. The van der Waals surface area contributed by atoms with Gasteiger partial charge in [0, 0.05) is 44.0 Å². The van der Waals surface area contributed by atoms with Crippen molar-refractivity contribution in [1.82, 2.24) is 9.80 Å². The van der Waals surface area contributed by atoms with Crippen molar-refractivity contribution in [3.8, 4) is 0 Å². The number of benzene rings is 2. The van der Waals surface area contributed by atoms with E-state index < -0.39 is 0 Å². The van der Waals surface area contributed by atoms with Crippen LogP contribution in [-0.2, 0) is 6.54 Å². The van der Waals surface area contributed by atoms with E-state index in [0.717, 1.165) is 19.6 Å². The monoisotopic (exact) mass is 351 g/mol. The van der Waals surface area contributed by atoms with Gasteiger partial charge in [-0.2, -0.15) is 0 Å². The number of aryl methyl sites for hydroxylation is 1. The van der Waals surface area contributed by atoms with E-state index in [1.807, 2.05) is 4.90 Å². The predicted octanol–water partition coefficient (Wildman–Crippen LogP) is 3.55. The largest absolute Gasteiger partial charge is 0.322 e. The molecule has 0 saturated carbocycles. The van der Waals surface area contributed by atoms with Gasteiger partial charge in [0.2, 0.25) is 0 Å². The highest BCUT2D eigenvalue weighted by Crippen LogP contribution is 2.13. The number of hydrogen-bond acceptors (Lipinski definition) is 3. The van der Waals surface area contributed by atoms with Gasteiger partial charge in [-0.1, -0.05) is 29.8 Å². The molecular weight excluding hydrogens is 326 g/mol. The summed E-state index contributed by atoms with van der Waals surface area (Å²) in [4.78, 5) is 27.9. The van der Waals surface area contributed by atoms with Gasteiger partial charge in [-0.25, -0.2) is 4.79 Å². The Morgan fingerprint density at radius 1 is 1.00 bits per heavy atom. The summed E-state index contributed by atoms with van der Waals surface area (Å²) in [5.41, 5.74) is 3.94. The topological polar surface area (TPSA) is 52.7 Å². The molecule has 0 unspecified atom stereocenters. The standard InChI is InChI=1S/C21H25N3O2/c1-16-4-3-5-18(14-16)15-23-10-12-24(13-11-23)21(26)22-20-8-6-19(7-9-20)17(2)25/h3-9,14H,10-13,15H2,1-2H3,(H,22,26). The van der Waals surface area contributed by atoms with Crippen molar-refractivity contribution >= 4 is 17.5 Å². The molecule has 1 aliphatic heterocycles. The van der Waals surface area contributed by atoms with Gasteiger partial charge in [0.1, 0.15) is 0 Å². The first-order chi connectivity index (χ1) is 12.5.